The van der Waals surface area contributed by atoms with Gasteiger partial charge in [0.25, 0.3) is 0 Å². The third-order valence-corrected chi connectivity index (χ3v) is 2.12. The van der Waals surface area contributed by atoms with E-state index in [1.165, 1.54) is 0 Å². The minimum absolute atomic E-state index is 0.408. The molecule has 4 nitrogen and oxygen atoms in total. The number of aldehydes is 1. The summed E-state index contributed by atoms with van der Waals surface area (Å²) >= 11 is 0. The molecule has 0 aliphatic carbocycles. The Morgan fingerprint density at radius 3 is 3.25 bits per heavy atom. The third-order valence-electron chi connectivity index (χ3n) is 2.12. The van der Waals surface area contributed by atoms with Gasteiger partial charge in [-0.15, -0.1) is 0 Å². The normalized spacial score (nSPS) is 21.9. The first-order valence-electron chi connectivity index (χ1n) is 4.01. The van der Waals surface area contributed by atoms with Crippen LogP contribution in [0.15, 0.2) is 6.20 Å². The maximum atomic E-state index is 10.4. The van der Waals surface area contributed by atoms with Crippen molar-refractivity contribution in [3.05, 3.63) is 17.7 Å². The standard InChI is InChI=1S/C8H10N2O2/c11-5-6-4-10-3-1-2-7(12)8(10)9-6/h4-5,7,12H,1-3H2. The van der Waals surface area contributed by atoms with Gasteiger partial charge >= 0.3 is 0 Å². The van der Waals surface area contributed by atoms with Crippen LogP contribution in [0.25, 0.3) is 0 Å². The Morgan fingerprint density at radius 2 is 2.58 bits per heavy atom. The van der Waals surface area contributed by atoms with Crippen LogP contribution in [-0.2, 0) is 6.54 Å². The molecule has 1 atom stereocenters. The first-order valence-corrected chi connectivity index (χ1v) is 4.01. The molecule has 0 aromatic carbocycles. The molecule has 0 bridgehead atoms. The molecule has 0 amide bonds. The maximum absolute atomic E-state index is 10.4. The second-order valence-electron chi connectivity index (χ2n) is 2.99. The van der Waals surface area contributed by atoms with Gasteiger partial charge in [0, 0.05) is 12.7 Å². The fraction of sp³-hybridized carbons (Fsp3) is 0.500. The molecule has 0 spiro atoms. The van der Waals surface area contributed by atoms with Crippen molar-refractivity contribution in [1.82, 2.24) is 9.55 Å². The number of nitrogens with zero attached hydrogens (tertiary/aromatic N) is 2. The first kappa shape index (κ1) is 7.49. The highest BCUT2D eigenvalue weighted by atomic mass is 16.3. The second-order valence-corrected chi connectivity index (χ2v) is 2.99. The molecule has 1 unspecified atom stereocenters. The fourth-order valence-electron chi connectivity index (χ4n) is 1.54. The van der Waals surface area contributed by atoms with E-state index in [0.717, 1.165) is 19.4 Å². The minimum atomic E-state index is -0.493. The molecule has 2 rings (SSSR count). The van der Waals surface area contributed by atoms with E-state index in [2.05, 4.69) is 4.98 Å². The molecule has 2 heterocycles. The van der Waals surface area contributed by atoms with E-state index >= 15 is 0 Å². The molecule has 1 aromatic heterocycles. The number of aromatic nitrogens is 2. The fourth-order valence-corrected chi connectivity index (χ4v) is 1.54. The Morgan fingerprint density at radius 1 is 1.75 bits per heavy atom. The van der Waals surface area contributed by atoms with Gasteiger partial charge in [0.1, 0.15) is 17.6 Å². The third kappa shape index (κ3) is 1.04. The molecule has 0 saturated carbocycles. The van der Waals surface area contributed by atoms with Gasteiger partial charge in [-0.1, -0.05) is 0 Å². The quantitative estimate of drug-likeness (QED) is 0.619. The van der Waals surface area contributed by atoms with E-state index in [1.807, 2.05) is 4.57 Å². The highest BCUT2D eigenvalue weighted by Gasteiger charge is 2.20. The minimum Gasteiger partial charge on any atom is -0.385 e. The summed E-state index contributed by atoms with van der Waals surface area (Å²) in [5.74, 6) is 0.628. The largest absolute Gasteiger partial charge is 0.385 e. The lowest BCUT2D eigenvalue weighted by Crippen LogP contribution is -2.14. The van der Waals surface area contributed by atoms with E-state index in [-0.39, 0.29) is 0 Å². The van der Waals surface area contributed by atoms with Gasteiger partial charge in [-0.25, -0.2) is 4.98 Å². The Kier molecular flexibility index (Phi) is 1.69. The van der Waals surface area contributed by atoms with Gasteiger partial charge in [-0.2, -0.15) is 0 Å². The smallest absolute Gasteiger partial charge is 0.170 e. The first-order chi connectivity index (χ1) is 5.81. The Hall–Kier alpha value is -1.16. The molecule has 64 valence electrons. The van der Waals surface area contributed by atoms with Gasteiger partial charge < -0.3 is 9.67 Å². The predicted octanol–water partition coefficient (Wildman–Crippen LogP) is 0.523. The van der Waals surface area contributed by atoms with Crippen LogP contribution in [0.1, 0.15) is 35.3 Å². The van der Waals surface area contributed by atoms with Crippen molar-refractivity contribution in [2.24, 2.45) is 0 Å². The lowest BCUT2D eigenvalue weighted by atomic mass is 10.1. The summed E-state index contributed by atoms with van der Waals surface area (Å²) in [6.45, 7) is 0.854. The van der Waals surface area contributed by atoms with Crippen LogP contribution >= 0.6 is 0 Å². The van der Waals surface area contributed by atoms with Gasteiger partial charge in [0.05, 0.1) is 0 Å². The number of aliphatic hydroxyl groups excluding tert-OH is 1. The van der Waals surface area contributed by atoms with E-state index < -0.39 is 6.10 Å². The van der Waals surface area contributed by atoms with Crippen molar-refractivity contribution < 1.29 is 9.90 Å². The van der Waals surface area contributed by atoms with Crippen LogP contribution in [0.3, 0.4) is 0 Å². The number of hydrogen-bond donors (Lipinski definition) is 1. The van der Waals surface area contributed by atoms with E-state index in [1.54, 1.807) is 6.20 Å². The number of carbonyl (C=O) groups is 1. The van der Waals surface area contributed by atoms with Crippen LogP contribution in [-0.4, -0.2) is 20.9 Å². The summed E-state index contributed by atoms with van der Waals surface area (Å²) in [5.41, 5.74) is 0.408. The van der Waals surface area contributed by atoms with Crippen molar-refractivity contribution in [1.29, 1.82) is 0 Å². The zero-order valence-corrected chi connectivity index (χ0v) is 6.60. The highest BCUT2D eigenvalue weighted by molar-refractivity contribution is 5.71. The average molecular weight is 166 g/mol. The highest BCUT2D eigenvalue weighted by Crippen LogP contribution is 2.23. The summed E-state index contributed by atoms with van der Waals surface area (Å²) in [6, 6.07) is 0. The lowest BCUT2D eigenvalue weighted by molar-refractivity contribution is 0.111. The van der Waals surface area contributed by atoms with Crippen LogP contribution in [0.4, 0.5) is 0 Å². The second kappa shape index (κ2) is 2.71. The van der Waals surface area contributed by atoms with Crippen LogP contribution in [0.5, 0.6) is 0 Å². The number of imidazole rings is 1. The number of hydrogen-bond acceptors (Lipinski definition) is 3. The van der Waals surface area contributed by atoms with Crippen LogP contribution < -0.4 is 0 Å². The van der Waals surface area contributed by atoms with E-state index in [0.29, 0.717) is 17.8 Å². The number of rotatable bonds is 1. The number of aliphatic hydroxyl groups is 1. The molecule has 1 N–H and O–H groups in total. The van der Waals surface area contributed by atoms with Gasteiger partial charge in [0.2, 0.25) is 0 Å². The van der Waals surface area contributed by atoms with Crippen LogP contribution in [0, 0.1) is 0 Å². The number of carbonyl (C=O) groups excluding carboxylic acids is 1. The number of aryl methyl sites for hydroxylation is 1. The van der Waals surface area contributed by atoms with Gasteiger partial charge in [0.15, 0.2) is 6.29 Å². The molecule has 1 aliphatic rings. The summed E-state index contributed by atoms with van der Waals surface area (Å²) in [4.78, 5) is 14.4. The van der Waals surface area contributed by atoms with Gasteiger partial charge in [-0.05, 0) is 12.8 Å². The molecular formula is C8H10N2O2. The van der Waals surface area contributed by atoms with Crippen molar-refractivity contribution in [2.75, 3.05) is 0 Å². The molecule has 1 aromatic rings. The molecular weight excluding hydrogens is 156 g/mol. The molecule has 0 saturated heterocycles. The maximum Gasteiger partial charge on any atom is 0.170 e. The van der Waals surface area contributed by atoms with Crippen molar-refractivity contribution in [3.63, 3.8) is 0 Å². The molecule has 0 fully saturated rings. The SMILES string of the molecule is O=Cc1cn2c(n1)C(O)CCC2. The van der Waals surface area contributed by atoms with Gasteiger partial charge in [-0.3, -0.25) is 4.79 Å². The Labute approximate surface area is 69.8 Å². The monoisotopic (exact) mass is 166 g/mol. The van der Waals surface area contributed by atoms with E-state index in [9.17, 15) is 9.90 Å². The van der Waals surface area contributed by atoms with E-state index in [4.69, 9.17) is 0 Å². The summed E-state index contributed by atoms with van der Waals surface area (Å²) in [6.07, 6.45) is 3.59. The van der Waals surface area contributed by atoms with Crippen LogP contribution in [0.2, 0.25) is 0 Å². The zero-order chi connectivity index (χ0) is 8.55. The molecule has 4 heteroatoms. The lowest BCUT2D eigenvalue weighted by Gasteiger charge is -2.18. The summed E-state index contributed by atoms with van der Waals surface area (Å²) in [5, 5.41) is 9.47. The zero-order valence-electron chi connectivity index (χ0n) is 6.60. The number of fused-ring (bicyclic) bond motifs is 1. The summed E-state index contributed by atoms with van der Waals surface area (Å²) < 4.78 is 1.85. The van der Waals surface area contributed by atoms with Crippen molar-refractivity contribution in [2.45, 2.75) is 25.5 Å². The van der Waals surface area contributed by atoms with Crippen molar-refractivity contribution >= 4 is 6.29 Å². The average Bonchev–Trinajstić information content (AvgIpc) is 2.49. The predicted molar refractivity (Wildman–Crippen MR) is 41.8 cm³/mol. The Balaban J connectivity index is 2.43. The summed E-state index contributed by atoms with van der Waals surface area (Å²) in [7, 11) is 0. The molecule has 0 radical (unpaired) electrons. The topological polar surface area (TPSA) is 55.1 Å². The molecule has 12 heavy (non-hydrogen) atoms. The van der Waals surface area contributed by atoms with Crippen molar-refractivity contribution in [3.8, 4) is 0 Å². The molecule has 1 aliphatic heterocycles. The Bertz CT molecular complexity index is 306.